The van der Waals surface area contributed by atoms with Crippen LogP contribution in [0.25, 0.3) is 11.3 Å². The molecule has 1 N–H and O–H groups in total. The predicted octanol–water partition coefficient (Wildman–Crippen LogP) is 3.11. The van der Waals surface area contributed by atoms with E-state index in [0.717, 1.165) is 24.3 Å². The van der Waals surface area contributed by atoms with Crippen molar-refractivity contribution in [3.8, 4) is 17.0 Å². The van der Waals surface area contributed by atoms with Gasteiger partial charge in [0.1, 0.15) is 5.75 Å². The lowest BCUT2D eigenvalue weighted by Crippen LogP contribution is -2.24. The first-order valence-electron chi connectivity index (χ1n) is 7.42. The van der Waals surface area contributed by atoms with Crippen LogP contribution in [-0.4, -0.2) is 24.7 Å². The molecular weight excluding hydrogens is 387 g/mol. The van der Waals surface area contributed by atoms with Gasteiger partial charge in [0.05, 0.1) is 35.4 Å². The summed E-state index contributed by atoms with van der Waals surface area (Å²) in [5, 5.41) is 0. The minimum Gasteiger partial charge on any atom is -0.472 e. The van der Waals surface area contributed by atoms with Gasteiger partial charge in [0, 0.05) is 18.0 Å². The quantitative estimate of drug-likeness (QED) is 0.685. The summed E-state index contributed by atoms with van der Waals surface area (Å²) in [4.78, 5) is 8.05. The number of hydrogen-bond donors (Lipinski definition) is 1. The molecule has 1 aromatic carbocycles. The van der Waals surface area contributed by atoms with E-state index in [9.17, 15) is 21.6 Å². The summed E-state index contributed by atoms with van der Waals surface area (Å²) in [5.41, 5.74) is 1.44. The van der Waals surface area contributed by atoms with Crippen molar-refractivity contribution in [3.05, 3.63) is 60.9 Å². The summed E-state index contributed by atoms with van der Waals surface area (Å²) < 4.78 is 72.3. The lowest BCUT2D eigenvalue weighted by atomic mass is 10.2. The van der Waals surface area contributed by atoms with Crippen LogP contribution < -0.4 is 9.46 Å². The summed E-state index contributed by atoms with van der Waals surface area (Å²) in [6.45, 7) is -0.169. The van der Waals surface area contributed by atoms with Crippen molar-refractivity contribution >= 4 is 10.0 Å². The van der Waals surface area contributed by atoms with Gasteiger partial charge in [-0.3, -0.25) is 9.97 Å². The lowest BCUT2D eigenvalue weighted by Gasteiger charge is -2.11. The molecule has 3 aromatic rings. The minimum absolute atomic E-state index is 0.169. The van der Waals surface area contributed by atoms with Crippen LogP contribution in [0.2, 0.25) is 0 Å². The fourth-order valence-electron chi connectivity index (χ4n) is 2.20. The maximum absolute atomic E-state index is 12.4. The van der Waals surface area contributed by atoms with Crippen molar-refractivity contribution in [1.82, 2.24) is 14.7 Å². The van der Waals surface area contributed by atoms with E-state index in [2.05, 4.69) is 19.4 Å². The monoisotopic (exact) mass is 399 g/mol. The first-order chi connectivity index (χ1) is 12.7. The summed E-state index contributed by atoms with van der Waals surface area (Å²) in [6, 6.07) is 5.51. The highest BCUT2D eigenvalue weighted by Crippen LogP contribution is 2.24. The van der Waals surface area contributed by atoms with Crippen LogP contribution >= 0.6 is 0 Å². The van der Waals surface area contributed by atoms with E-state index < -0.39 is 22.1 Å². The summed E-state index contributed by atoms with van der Waals surface area (Å²) >= 11 is 0. The molecule has 7 nitrogen and oxygen atoms in total. The zero-order valence-corrected chi connectivity index (χ0v) is 14.3. The molecule has 0 amide bonds. The van der Waals surface area contributed by atoms with Gasteiger partial charge >= 0.3 is 6.36 Å². The molecule has 0 aliphatic heterocycles. The van der Waals surface area contributed by atoms with Gasteiger partial charge in [-0.05, 0) is 30.3 Å². The second-order valence-corrected chi connectivity index (χ2v) is 6.97. The van der Waals surface area contributed by atoms with Gasteiger partial charge in [-0.15, -0.1) is 13.2 Å². The first kappa shape index (κ1) is 18.9. The number of hydrogen-bond acceptors (Lipinski definition) is 6. The molecule has 27 heavy (non-hydrogen) atoms. The van der Waals surface area contributed by atoms with E-state index in [1.807, 2.05) is 0 Å². The second-order valence-electron chi connectivity index (χ2n) is 5.21. The molecule has 142 valence electrons. The molecular formula is C16H12F3N3O4S. The number of sulfonamides is 1. The van der Waals surface area contributed by atoms with Crippen LogP contribution in [0.1, 0.15) is 5.69 Å². The fourth-order valence-corrected chi connectivity index (χ4v) is 3.19. The van der Waals surface area contributed by atoms with Crippen LogP contribution in [0.15, 0.2) is 64.6 Å². The molecule has 0 bridgehead atoms. The van der Waals surface area contributed by atoms with Crippen LogP contribution in [0.5, 0.6) is 5.75 Å². The fraction of sp³-hybridized carbons (Fsp3) is 0.125. The number of aromatic nitrogens is 2. The van der Waals surface area contributed by atoms with Gasteiger partial charge in [-0.25, -0.2) is 13.1 Å². The van der Waals surface area contributed by atoms with Crippen molar-refractivity contribution < 1.29 is 30.7 Å². The first-order valence-corrected chi connectivity index (χ1v) is 8.91. The Morgan fingerprint density at radius 3 is 2.41 bits per heavy atom. The Labute approximate surface area is 151 Å². The van der Waals surface area contributed by atoms with Crippen molar-refractivity contribution in [2.45, 2.75) is 17.8 Å². The number of alkyl halides is 3. The van der Waals surface area contributed by atoms with E-state index in [0.29, 0.717) is 17.0 Å². The number of halogens is 3. The largest absolute Gasteiger partial charge is 0.573 e. The van der Waals surface area contributed by atoms with Crippen molar-refractivity contribution in [2.24, 2.45) is 0 Å². The zero-order chi connectivity index (χ0) is 19.5. The third kappa shape index (κ3) is 4.83. The van der Waals surface area contributed by atoms with Crippen LogP contribution in [0, 0.1) is 0 Å². The maximum atomic E-state index is 12.4. The Balaban J connectivity index is 1.75. The van der Waals surface area contributed by atoms with E-state index in [4.69, 9.17) is 4.42 Å². The number of furan rings is 1. The number of nitrogens with zero attached hydrogens (tertiary/aromatic N) is 2. The predicted molar refractivity (Wildman–Crippen MR) is 86.9 cm³/mol. The van der Waals surface area contributed by atoms with Crippen molar-refractivity contribution in [3.63, 3.8) is 0 Å². The van der Waals surface area contributed by atoms with E-state index in [1.165, 1.54) is 24.9 Å². The van der Waals surface area contributed by atoms with Gasteiger partial charge in [-0.1, -0.05) is 0 Å². The molecule has 3 rings (SSSR count). The highest BCUT2D eigenvalue weighted by Gasteiger charge is 2.31. The number of nitrogens with one attached hydrogen (secondary N) is 1. The molecule has 0 saturated carbocycles. The SMILES string of the molecule is O=S(=O)(NCc1nccnc1-c1ccoc1)c1ccc(OC(F)(F)F)cc1. The van der Waals surface area contributed by atoms with E-state index in [1.54, 1.807) is 6.07 Å². The Kier molecular flexibility index (Phi) is 5.15. The molecule has 0 radical (unpaired) electrons. The van der Waals surface area contributed by atoms with Gasteiger partial charge in [-0.2, -0.15) is 0 Å². The molecule has 2 aromatic heterocycles. The molecule has 0 fully saturated rings. The molecule has 0 atom stereocenters. The summed E-state index contributed by atoms with van der Waals surface area (Å²) in [6.07, 6.45) is 0.911. The normalized spacial score (nSPS) is 12.1. The standard InChI is InChI=1S/C16H12F3N3O4S/c17-16(18,19)26-12-1-3-13(4-2-12)27(23,24)22-9-14-15(21-7-6-20-14)11-5-8-25-10-11/h1-8,10,22H,9H2. The Hall–Kier alpha value is -2.92. The molecule has 0 saturated heterocycles. The van der Waals surface area contributed by atoms with Crippen molar-refractivity contribution in [2.75, 3.05) is 0 Å². The molecule has 0 unspecified atom stereocenters. The van der Waals surface area contributed by atoms with Crippen LogP contribution in [0.4, 0.5) is 13.2 Å². The lowest BCUT2D eigenvalue weighted by molar-refractivity contribution is -0.274. The molecule has 0 spiro atoms. The molecule has 11 heteroatoms. The summed E-state index contributed by atoms with van der Waals surface area (Å²) in [5.74, 6) is -0.516. The van der Waals surface area contributed by atoms with E-state index >= 15 is 0 Å². The van der Waals surface area contributed by atoms with Gasteiger partial charge < -0.3 is 9.15 Å². The Bertz CT molecular complexity index is 1000. The number of ether oxygens (including phenoxy) is 1. The highest BCUT2D eigenvalue weighted by atomic mass is 32.2. The smallest absolute Gasteiger partial charge is 0.472 e. The maximum Gasteiger partial charge on any atom is 0.573 e. The highest BCUT2D eigenvalue weighted by molar-refractivity contribution is 7.89. The average Bonchev–Trinajstić information content (AvgIpc) is 3.14. The molecule has 2 heterocycles. The van der Waals surface area contributed by atoms with Gasteiger partial charge in [0.25, 0.3) is 0 Å². The van der Waals surface area contributed by atoms with Crippen LogP contribution in [-0.2, 0) is 16.6 Å². The topological polar surface area (TPSA) is 94.3 Å². The van der Waals surface area contributed by atoms with Gasteiger partial charge in [0.2, 0.25) is 10.0 Å². The Morgan fingerprint density at radius 1 is 1.07 bits per heavy atom. The zero-order valence-electron chi connectivity index (χ0n) is 13.5. The minimum atomic E-state index is -4.85. The number of rotatable bonds is 6. The third-order valence-electron chi connectivity index (χ3n) is 3.37. The molecule has 0 aliphatic rings. The van der Waals surface area contributed by atoms with Crippen molar-refractivity contribution in [1.29, 1.82) is 0 Å². The average molecular weight is 399 g/mol. The number of benzene rings is 1. The summed E-state index contributed by atoms with van der Waals surface area (Å²) in [7, 11) is -3.98. The Morgan fingerprint density at radius 2 is 1.78 bits per heavy atom. The van der Waals surface area contributed by atoms with E-state index in [-0.39, 0.29) is 11.4 Å². The van der Waals surface area contributed by atoms with Crippen LogP contribution in [0.3, 0.4) is 0 Å². The molecule has 0 aliphatic carbocycles. The van der Waals surface area contributed by atoms with Gasteiger partial charge in [0.15, 0.2) is 0 Å². The third-order valence-corrected chi connectivity index (χ3v) is 4.78. The second kappa shape index (κ2) is 7.37.